The van der Waals surface area contributed by atoms with E-state index in [1.54, 1.807) is 38.3 Å². The lowest BCUT2D eigenvalue weighted by Crippen LogP contribution is -2.57. The van der Waals surface area contributed by atoms with Gasteiger partial charge >= 0.3 is 0 Å². The average Bonchev–Trinajstić information content (AvgIpc) is 3.29. The summed E-state index contributed by atoms with van der Waals surface area (Å²) in [6, 6.07) is 4.74. The number of piperazine rings is 1. The van der Waals surface area contributed by atoms with Crippen molar-refractivity contribution in [1.82, 2.24) is 19.7 Å². The molecule has 1 aromatic carbocycles. The van der Waals surface area contributed by atoms with E-state index in [-0.39, 0.29) is 17.7 Å². The fourth-order valence-electron chi connectivity index (χ4n) is 4.18. The molecule has 0 bridgehead atoms. The second-order valence-corrected chi connectivity index (χ2v) is 9.75. The molecule has 2 saturated heterocycles. The van der Waals surface area contributed by atoms with Gasteiger partial charge in [0, 0.05) is 45.0 Å². The monoisotopic (exact) mass is 509 g/mol. The Morgan fingerprint density at radius 3 is 2.52 bits per heavy atom. The van der Waals surface area contributed by atoms with Crippen LogP contribution < -0.4 is 5.32 Å². The number of aromatic nitrogens is 1. The van der Waals surface area contributed by atoms with E-state index < -0.39 is 6.04 Å². The molecule has 11 heteroatoms. The standard InChI is InChI=1S/C22H25Cl2N5O3S/c1-14(30)27-9-11-28(12-10-27)21(32)18-7-2-3-8-29(18)20(31)17-13-33-22(26-17)25-16-6-4-5-15(23)19(16)24/h4-6,13,18H,2-3,7-12H2,1H3,(H,25,26). The number of hydrogen-bond acceptors (Lipinski definition) is 6. The van der Waals surface area contributed by atoms with E-state index >= 15 is 0 Å². The Kier molecular flexibility index (Phi) is 7.41. The summed E-state index contributed by atoms with van der Waals surface area (Å²) < 4.78 is 0. The maximum atomic E-state index is 13.3. The molecule has 1 aromatic heterocycles. The van der Waals surface area contributed by atoms with Gasteiger partial charge in [-0.2, -0.15) is 0 Å². The van der Waals surface area contributed by atoms with Crippen LogP contribution in [0.2, 0.25) is 10.0 Å². The van der Waals surface area contributed by atoms with Gasteiger partial charge in [-0.3, -0.25) is 14.4 Å². The van der Waals surface area contributed by atoms with E-state index in [9.17, 15) is 14.4 Å². The molecular weight excluding hydrogens is 485 g/mol. The van der Waals surface area contributed by atoms with Crippen LogP contribution in [-0.2, 0) is 9.59 Å². The Balaban J connectivity index is 1.45. The number of likely N-dealkylation sites (tertiary alicyclic amines) is 1. The number of piperidine rings is 1. The highest BCUT2D eigenvalue weighted by Gasteiger charge is 2.37. The summed E-state index contributed by atoms with van der Waals surface area (Å²) in [7, 11) is 0. The molecule has 1 N–H and O–H groups in total. The largest absolute Gasteiger partial charge is 0.339 e. The second-order valence-electron chi connectivity index (χ2n) is 8.11. The van der Waals surface area contributed by atoms with Crippen LogP contribution >= 0.6 is 34.5 Å². The molecular formula is C22H25Cl2N5O3S. The minimum atomic E-state index is -0.504. The number of hydrogen-bond donors (Lipinski definition) is 1. The average molecular weight is 510 g/mol. The van der Waals surface area contributed by atoms with Crippen LogP contribution in [0.4, 0.5) is 10.8 Å². The van der Waals surface area contributed by atoms with E-state index in [1.165, 1.54) is 18.3 Å². The smallest absolute Gasteiger partial charge is 0.274 e. The number of thiazole rings is 1. The number of carbonyl (C=O) groups excluding carboxylic acids is 3. The third kappa shape index (κ3) is 5.26. The third-order valence-electron chi connectivity index (χ3n) is 6.00. The van der Waals surface area contributed by atoms with Gasteiger partial charge in [0.25, 0.3) is 5.91 Å². The van der Waals surface area contributed by atoms with Crippen LogP contribution in [0.15, 0.2) is 23.6 Å². The number of benzene rings is 1. The zero-order valence-electron chi connectivity index (χ0n) is 18.2. The molecule has 0 spiro atoms. The van der Waals surface area contributed by atoms with E-state index in [4.69, 9.17) is 23.2 Å². The van der Waals surface area contributed by atoms with Gasteiger partial charge in [-0.15, -0.1) is 11.3 Å². The number of amides is 3. The number of nitrogens with one attached hydrogen (secondary N) is 1. The quantitative estimate of drug-likeness (QED) is 0.675. The predicted molar refractivity (Wildman–Crippen MR) is 129 cm³/mol. The van der Waals surface area contributed by atoms with E-state index in [1.807, 2.05) is 0 Å². The first kappa shape index (κ1) is 23.8. The molecule has 2 fully saturated rings. The van der Waals surface area contributed by atoms with Crippen molar-refractivity contribution in [3.63, 3.8) is 0 Å². The molecule has 1 atom stereocenters. The summed E-state index contributed by atoms with van der Waals surface area (Å²) in [5, 5.41) is 6.11. The van der Waals surface area contributed by atoms with Crippen LogP contribution in [0.1, 0.15) is 36.7 Å². The number of rotatable bonds is 4. The minimum Gasteiger partial charge on any atom is -0.339 e. The van der Waals surface area contributed by atoms with Crippen molar-refractivity contribution in [2.75, 3.05) is 38.0 Å². The summed E-state index contributed by atoms with van der Waals surface area (Å²) in [5.74, 6) is -0.286. The van der Waals surface area contributed by atoms with Crippen molar-refractivity contribution < 1.29 is 14.4 Å². The maximum Gasteiger partial charge on any atom is 0.274 e. The zero-order valence-corrected chi connectivity index (χ0v) is 20.5. The lowest BCUT2D eigenvalue weighted by atomic mass is 10.00. The highest BCUT2D eigenvalue weighted by molar-refractivity contribution is 7.14. The summed E-state index contributed by atoms with van der Waals surface area (Å²) in [4.78, 5) is 47.7. The Morgan fingerprint density at radius 1 is 1.06 bits per heavy atom. The van der Waals surface area contributed by atoms with Gasteiger partial charge in [0.05, 0.1) is 15.7 Å². The minimum absolute atomic E-state index is 0.0172. The Labute approximate surface area is 206 Å². The predicted octanol–water partition coefficient (Wildman–Crippen LogP) is 3.88. The van der Waals surface area contributed by atoms with Gasteiger partial charge < -0.3 is 20.0 Å². The van der Waals surface area contributed by atoms with Crippen LogP contribution in [-0.4, -0.2) is 76.2 Å². The summed E-state index contributed by atoms with van der Waals surface area (Å²) in [6.45, 7) is 4.08. The highest BCUT2D eigenvalue weighted by Crippen LogP contribution is 2.33. The maximum absolute atomic E-state index is 13.3. The molecule has 2 aliphatic rings. The summed E-state index contributed by atoms with van der Waals surface area (Å²) in [6.07, 6.45) is 2.37. The van der Waals surface area contributed by atoms with Crippen molar-refractivity contribution in [3.8, 4) is 0 Å². The third-order valence-corrected chi connectivity index (χ3v) is 7.58. The van der Waals surface area contributed by atoms with Gasteiger partial charge in [0.2, 0.25) is 11.8 Å². The molecule has 1 unspecified atom stereocenters. The van der Waals surface area contributed by atoms with Crippen molar-refractivity contribution >= 4 is 63.1 Å². The first-order valence-electron chi connectivity index (χ1n) is 10.9. The topological polar surface area (TPSA) is 85.9 Å². The molecule has 33 heavy (non-hydrogen) atoms. The SMILES string of the molecule is CC(=O)N1CCN(C(=O)C2CCCCN2C(=O)c2csc(Nc3cccc(Cl)c3Cl)n2)CC1. The van der Waals surface area contributed by atoms with Crippen molar-refractivity contribution in [3.05, 3.63) is 39.3 Å². The van der Waals surface area contributed by atoms with Crippen LogP contribution in [0.3, 0.4) is 0 Å². The fourth-order valence-corrected chi connectivity index (χ4v) is 5.22. The van der Waals surface area contributed by atoms with Crippen LogP contribution in [0, 0.1) is 0 Å². The number of halogens is 2. The highest BCUT2D eigenvalue weighted by atomic mass is 35.5. The zero-order chi connectivity index (χ0) is 23.5. The molecule has 4 rings (SSSR count). The lowest BCUT2D eigenvalue weighted by molar-refractivity contribution is -0.142. The fraction of sp³-hybridized carbons (Fsp3) is 0.455. The first-order chi connectivity index (χ1) is 15.8. The first-order valence-corrected chi connectivity index (χ1v) is 12.5. The molecule has 0 aliphatic carbocycles. The number of carbonyl (C=O) groups is 3. The Bertz CT molecular complexity index is 1050. The van der Waals surface area contributed by atoms with Gasteiger partial charge in [-0.25, -0.2) is 4.98 Å². The van der Waals surface area contributed by atoms with E-state index in [0.717, 1.165) is 12.8 Å². The van der Waals surface area contributed by atoms with Gasteiger partial charge in [-0.05, 0) is 31.4 Å². The summed E-state index contributed by atoms with van der Waals surface area (Å²) >= 11 is 13.6. The van der Waals surface area contributed by atoms with Crippen LogP contribution in [0.5, 0.6) is 0 Å². The second kappa shape index (κ2) is 10.3. The van der Waals surface area contributed by atoms with Gasteiger partial charge in [0.1, 0.15) is 11.7 Å². The lowest BCUT2D eigenvalue weighted by Gasteiger charge is -2.40. The van der Waals surface area contributed by atoms with E-state index in [0.29, 0.717) is 65.7 Å². The number of anilines is 2. The Morgan fingerprint density at radius 2 is 1.79 bits per heavy atom. The Hall–Kier alpha value is -2.36. The molecule has 3 heterocycles. The van der Waals surface area contributed by atoms with Crippen LogP contribution in [0.25, 0.3) is 0 Å². The normalized spacial score (nSPS) is 18.9. The molecule has 8 nitrogen and oxygen atoms in total. The molecule has 0 saturated carbocycles. The molecule has 176 valence electrons. The van der Waals surface area contributed by atoms with Crippen molar-refractivity contribution in [1.29, 1.82) is 0 Å². The van der Waals surface area contributed by atoms with Crippen molar-refractivity contribution in [2.24, 2.45) is 0 Å². The molecule has 3 amide bonds. The molecule has 2 aliphatic heterocycles. The van der Waals surface area contributed by atoms with E-state index in [2.05, 4.69) is 10.3 Å². The van der Waals surface area contributed by atoms with Crippen molar-refractivity contribution in [2.45, 2.75) is 32.2 Å². The van der Waals surface area contributed by atoms with Gasteiger partial charge in [-0.1, -0.05) is 29.3 Å². The molecule has 2 aromatic rings. The molecule has 0 radical (unpaired) electrons. The number of nitrogens with zero attached hydrogens (tertiary/aromatic N) is 4. The van der Waals surface area contributed by atoms with Gasteiger partial charge in [0.15, 0.2) is 5.13 Å². The summed E-state index contributed by atoms with van der Waals surface area (Å²) in [5.41, 5.74) is 0.898.